The van der Waals surface area contributed by atoms with Gasteiger partial charge >= 0.3 is 12.4 Å². The van der Waals surface area contributed by atoms with E-state index in [1.807, 2.05) is 0 Å². The van der Waals surface area contributed by atoms with Crippen LogP contribution in [-0.2, 0) is 12.4 Å². The van der Waals surface area contributed by atoms with Crippen LogP contribution >= 0.6 is 11.6 Å². The SMILES string of the molecule is Cc1[c]cc(-c2ccc(C(F)(F)F)cc2F)c(Cl)c1-c1cc(C(F)(F)F)ccc1F. The number of alkyl halides is 6. The lowest BCUT2D eigenvalue weighted by molar-refractivity contribution is -0.138. The van der Waals surface area contributed by atoms with Crippen molar-refractivity contribution in [1.82, 2.24) is 0 Å². The van der Waals surface area contributed by atoms with Crippen molar-refractivity contribution in [1.29, 1.82) is 0 Å². The van der Waals surface area contributed by atoms with Crippen molar-refractivity contribution < 1.29 is 35.1 Å². The van der Waals surface area contributed by atoms with Crippen molar-refractivity contribution in [3.8, 4) is 22.3 Å². The highest BCUT2D eigenvalue weighted by atomic mass is 35.5. The first-order valence-electron chi connectivity index (χ1n) is 8.25. The van der Waals surface area contributed by atoms with Gasteiger partial charge in [0.1, 0.15) is 11.6 Å². The van der Waals surface area contributed by atoms with Gasteiger partial charge in [-0.25, -0.2) is 8.78 Å². The minimum atomic E-state index is -4.77. The summed E-state index contributed by atoms with van der Waals surface area (Å²) >= 11 is 6.27. The van der Waals surface area contributed by atoms with Gasteiger partial charge in [0, 0.05) is 22.3 Å². The molecule has 0 bridgehead atoms. The van der Waals surface area contributed by atoms with Crippen molar-refractivity contribution in [3.05, 3.63) is 81.9 Å². The van der Waals surface area contributed by atoms with Crippen LogP contribution in [0.4, 0.5) is 35.1 Å². The molecule has 0 atom stereocenters. The number of benzene rings is 3. The minimum Gasteiger partial charge on any atom is -0.206 e. The standard InChI is InChI=1S/C21H10ClF8/c1-10-2-5-14(13-6-3-12(9-17(13)24)21(28,29)30)19(22)18(10)15-8-11(20(25,26)27)4-7-16(15)23/h3-9H,1H3. The Labute approximate surface area is 170 Å². The Morgan fingerprint density at radius 2 is 1.30 bits per heavy atom. The van der Waals surface area contributed by atoms with Crippen LogP contribution in [0.3, 0.4) is 0 Å². The van der Waals surface area contributed by atoms with Crippen molar-refractivity contribution in [3.63, 3.8) is 0 Å². The Morgan fingerprint density at radius 3 is 1.87 bits per heavy atom. The molecule has 0 aliphatic rings. The predicted molar refractivity (Wildman–Crippen MR) is 95.8 cm³/mol. The fourth-order valence-corrected chi connectivity index (χ4v) is 3.33. The minimum absolute atomic E-state index is 0.139. The molecule has 0 fully saturated rings. The third kappa shape index (κ3) is 4.14. The van der Waals surface area contributed by atoms with Gasteiger partial charge in [0.25, 0.3) is 0 Å². The molecule has 0 saturated heterocycles. The quantitative estimate of drug-likeness (QED) is 0.347. The smallest absolute Gasteiger partial charge is 0.206 e. The van der Waals surface area contributed by atoms with Gasteiger partial charge in [0.05, 0.1) is 16.1 Å². The molecular weight excluding hydrogens is 440 g/mol. The number of aryl methyl sites for hydroxylation is 1. The van der Waals surface area contributed by atoms with Gasteiger partial charge < -0.3 is 0 Å². The molecule has 0 aliphatic carbocycles. The first-order valence-corrected chi connectivity index (χ1v) is 8.63. The molecular formula is C21H10ClF8. The molecule has 0 spiro atoms. The van der Waals surface area contributed by atoms with Gasteiger partial charge in [0.2, 0.25) is 0 Å². The summed E-state index contributed by atoms with van der Waals surface area (Å²) < 4.78 is 106. The summed E-state index contributed by atoms with van der Waals surface area (Å²) in [5.41, 5.74) is -3.30. The van der Waals surface area contributed by atoms with Gasteiger partial charge in [-0.15, -0.1) is 0 Å². The third-order valence-electron chi connectivity index (χ3n) is 4.41. The van der Waals surface area contributed by atoms with Crippen molar-refractivity contribution >= 4 is 11.6 Å². The van der Waals surface area contributed by atoms with Gasteiger partial charge in [-0.2, -0.15) is 26.3 Å². The van der Waals surface area contributed by atoms with E-state index in [1.165, 1.54) is 13.0 Å². The summed E-state index contributed by atoms with van der Waals surface area (Å²) in [5.74, 6) is -2.26. The highest BCUT2D eigenvalue weighted by Gasteiger charge is 2.33. The van der Waals surface area contributed by atoms with Gasteiger partial charge in [-0.3, -0.25) is 0 Å². The van der Waals surface area contributed by atoms with Crippen molar-refractivity contribution in [2.75, 3.05) is 0 Å². The summed E-state index contributed by atoms with van der Waals surface area (Å²) in [4.78, 5) is 0. The number of hydrogen-bond acceptors (Lipinski definition) is 0. The first kappa shape index (κ1) is 22.1. The second kappa shape index (κ2) is 7.58. The van der Waals surface area contributed by atoms with E-state index >= 15 is 0 Å². The fraction of sp³-hybridized carbons (Fsp3) is 0.143. The van der Waals surface area contributed by atoms with Crippen LogP contribution in [0.15, 0.2) is 42.5 Å². The molecule has 0 aliphatic heterocycles. The molecule has 0 nitrogen and oxygen atoms in total. The Hall–Kier alpha value is -2.61. The average Bonchev–Trinajstić information content (AvgIpc) is 2.62. The van der Waals surface area contributed by atoms with Crippen LogP contribution in [-0.4, -0.2) is 0 Å². The maximum atomic E-state index is 14.4. The van der Waals surface area contributed by atoms with Gasteiger partial charge in [-0.05, 0) is 55.0 Å². The predicted octanol–water partition coefficient (Wildman–Crippen LogP) is 8.10. The Balaban J connectivity index is 2.22. The number of halogens is 9. The van der Waals surface area contributed by atoms with E-state index in [0.717, 1.165) is 6.07 Å². The Bertz CT molecular complexity index is 1110. The summed E-state index contributed by atoms with van der Waals surface area (Å²) in [5, 5.41) is -0.317. The molecule has 0 saturated carbocycles. The van der Waals surface area contributed by atoms with Gasteiger partial charge in [0.15, 0.2) is 0 Å². The fourth-order valence-electron chi connectivity index (χ4n) is 2.93. The summed E-state index contributed by atoms with van der Waals surface area (Å²) in [6.07, 6.45) is -9.52. The third-order valence-corrected chi connectivity index (χ3v) is 4.81. The van der Waals surface area contributed by atoms with Crippen LogP contribution in [0, 0.1) is 24.6 Å². The molecule has 3 aromatic rings. The molecule has 0 unspecified atom stereocenters. The van der Waals surface area contributed by atoms with E-state index in [9.17, 15) is 35.1 Å². The maximum absolute atomic E-state index is 14.4. The second-order valence-corrected chi connectivity index (χ2v) is 6.78. The largest absolute Gasteiger partial charge is 0.416 e. The van der Waals surface area contributed by atoms with E-state index in [4.69, 9.17) is 11.6 Å². The normalized spacial score (nSPS) is 12.3. The zero-order chi connectivity index (χ0) is 22.4. The van der Waals surface area contributed by atoms with Crippen LogP contribution in [0.25, 0.3) is 22.3 Å². The molecule has 9 heteroatoms. The first-order chi connectivity index (χ1) is 13.8. The Kier molecular flexibility index (Phi) is 5.58. The van der Waals surface area contributed by atoms with Crippen LogP contribution < -0.4 is 0 Å². The van der Waals surface area contributed by atoms with E-state index in [0.29, 0.717) is 24.3 Å². The maximum Gasteiger partial charge on any atom is 0.416 e. The lowest BCUT2D eigenvalue weighted by Crippen LogP contribution is -2.06. The molecule has 0 heterocycles. The molecule has 1 radical (unpaired) electrons. The van der Waals surface area contributed by atoms with E-state index in [1.54, 1.807) is 0 Å². The van der Waals surface area contributed by atoms with E-state index < -0.39 is 40.7 Å². The number of hydrogen-bond donors (Lipinski definition) is 0. The molecule has 157 valence electrons. The molecule has 0 N–H and O–H groups in total. The lowest BCUT2D eigenvalue weighted by atomic mass is 9.93. The summed E-state index contributed by atoms with van der Waals surface area (Å²) in [6, 6.07) is 7.32. The molecule has 3 aromatic carbocycles. The molecule has 30 heavy (non-hydrogen) atoms. The van der Waals surface area contributed by atoms with Crippen molar-refractivity contribution in [2.24, 2.45) is 0 Å². The zero-order valence-electron chi connectivity index (χ0n) is 14.9. The molecule has 0 aromatic heterocycles. The summed E-state index contributed by atoms with van der Waals surface area (Å²) in [7, 11) is 0. The average molecular weight is 450 g/mol. The zero-order valence-corrected chi connectivity index (χ0v) is 15.7. The highest BCUT2D eigenvalue weighted by Crippen LogP contribution is 2.42. The molecule has 3 rings (SSSR count). The van der Waals surface area contributed by atoms with Crippen LogP contribution in [0.5, 0.6) is 0 Å². The molecule has 0 amide bonds. The summed E-state index contributed by atoms with van der Waals surface area (Å²) in [6.45, 7) is 1.41. The van der Waals surface area contributed by atoms with Crippen LogP contribution in [0.1, 0.15) is 16.7 Å². The highest BCUT2D eigenvalue weighted by molar-refractivity contribution is 6.36. The monoisotopic (exact) mass is 449 g/mol. The topological polar surface area (TPSA) is 0 Å². The van der Waals surface area contributed by atoms with E-state index in [2.05, 4.69) is 6.07 Å². The van der Waals surface area contributed by atoms with E-state index in [-0.39, 0.29) is 33.3 Å². The number of rotatable bonds is 2. The van der Waals surface area contributed by atoms with Gasteiger partial charge in [-0.1, -0.05) is 17.7 Å². The van der Waals surface area contributed by atoms with Crippen LogP contribution in [0.2, 0.25) is 5.02 Å². The lowest BCUT2D eigenvalue weighted by Gasteiger charge is -2.16. The van der Waals surface area contributed by atoms with Crippen molar-refractivity contribution in [2.45, 2.75) is 19.3 Å². The second-order valence-electron chi connectivity index (χ2n) is 6.40. The Morgan fingerprint density at radius 1 is 0.733 bits per heavy atom.